The first-order chi connectivity index (χ1) is 10.0. The summed E-state index contributed by atoms with van der Waals surface area (Å²) in [7, 11) is 0. The Labute approximate surface area is 123 Å². The Bertz CT molecular complexity index is 630. The summed E-state index contributed by atoms with van der Waals surface area (Å²) < 4.78 is 5.65. The topological polar surface area (TPSA) is 69.4 Å². The first-order valence-electron chi connectivity index (χ1n) is 6.64. The van der Waals surface area contributed by atoms with E-state index in [1.807, 2.05) is 36.4 Å². The molecule has 2 rings (SSSR count). The number of benzene rings is 2. The molecule has 0 heterocycles. The van der Waals surface area contributed by atoms with E-state index in [0.29, 0.717) is 18.6 Å². The number of ether oxygens (including phenoxy) is 1. The van der Waals surface area contributed by atoms with Crippen molar-refractivity contribution in [1.82, 2.24) is 0 Å². The summed E-state index contributed by atoms with van der Waals surface area (Å²) in [5.74, 6) is 0.433. The summed E-state index contributed by atoms with van der Waals surface area (Å²) in [6, 6.07) is 14.4. The minimum Gasteiger partial charge on any atom is -0.489 e. The molecule has 1 amide bonds. The Morgan fingerprint density at radius 3 is 2.05 bits per heavy atom. The molecule has 0 atom stereocenters. The first-order valence-corrected chi connectivity index (χ1v) is 6.64. The Balaban J connectivity index is 1.93. The van der Waals surface area contributed by atoms with Gasteiger partial charge in [0.05, 0.1) is 0 Å². The maximum Gasteiger partial charge on any atom is 0.248 e. The maximum absolute atomic E-state index is 11.0. The quantitative estimate of drug-likeness (QED) is 0.885. The Kier molecular flexibility index (Phi) is 4.72. The van der Waals surface area contributed by atoms with Gasteiger partial charge in [0.15, 0.2) is 0 Å². The van der Waals surface area contributed by atoms with Crippen LogP contribution in [0.1, 0.15) is 28.4 Å². The van der Waals surface area contributed by atoms with Crippen LogP contribution in [0.25, 0.3) is 0 Å². The summed E-state index contributed by atoms with van der Waals surface area (Å²) in [5.41, 5.74) is 7.59. The van der Waals surface area contributed by atoms with Crippen molar-refractivity contribution in [3.63, 3.8) is 0 Å². The number of amides is 1. The van der Waals surface area contributed by atoms with E-state index in [1.165, 1.54) is 0 Å². The Hall–Kier alpha value is -2.62. The van der Waals surface area contributed by atoms with Crippen LogP contribution in [0.4, 0.5) is 0 Å². The van der Waals surface area contributed by atoms with Crippen molar-refractivity contribution in [3.05, 3.63) is 65.2 Å². The highest BCUT2D eigenvalue weighted by atomic mass is 16.5. The molecule has 2 aromatic carbocycles. The molecule has 0 unspecified atom stereocenters. The molecule has 0 fully saturated rings. The van der Waals surface area contributed by atoms with E-state index in [1.54, 1.807) is 19.1 Å². The fourth-order valence-corrected chi connectivity index (χ4v) is 1.92. The highest BCUT2D eigenvalue weighted by Gasteiger charge is 2.02. The van der Waals surface area contributed by atoms with Gasteiger partial charge in [-0.05, 0) is 42.3 Å². The predicted octanol–water partition coefficient (Wildman–Crippen LogP) is 2.50. The van der Waals surface area contributed by atoms with E-state index < -0.39 is 5.91 Å². The number of carbonyl (C=O) groups is 2. The zero-order chi connectivity index (χ0) is 15.2. The standard InChI is InChI=1S/C17H17NO3/c1-12(19)10-13-4-8-16(9-5-13)21-11-14-2-6-15(7-3-14)17(18)20/h2-9H,10-11H2,1H3,(H2,18,20). The van der Waals surface area contributed by atoms with Crippen LogP contribution in [0, 0.1) is 0 Å². The van der Waals surface area contributed by atoms with Crippen LogP contribution in [-0.4, -0.2) is 11.7 Å². The largest absolute Gasteiger partial charge is 0.489 e. The number of carbonyl (C=O) groups excluding carboxylic acids is 2. The van der Waals surface area contributed by atoms with Crippen LogP contribution in [0.2, 0.25) is 0 Å². The second-order valence-corrected chi connectivity index (χ2v) is 4.87. The zero-order valence-corrected chi connectivity index (χ0v) is 11.8. The minimum absolute atomic E-state index is 0.137. The molecule has 4 heteroatoms. The van der Waals surface area contributed by atoms with Crippen LogP contribution in [-0.2, 0) is 17.8 Å². The molecular formula is C17H17NO3. The average Bonchev–Trinajstić information content (AvgIpc) is 2.46. The van der Waals surface area contributed by atoms with Crippen molar-refractivity contribution in [2.75, 3.05) is 0 Å². The van der Waals surface area contributed by atoms with Crippen LogP contribution in [0.3, 0.4) is 0 Å². The van der Waals surface area contributed by atoms with Crippen molar-refractivity contribution in [2.45, 2.75) is 20.0 Å². The summed E-state index contributed by atoms with van der Waals surface area (Å²) in [5, 5.41) is 0. The molecule has 0 aliphatic heterocycles. The van der Waals surface area contributed by atoms with Crippen molar-refractivity contribution >= 4 is 11.7 Å². The molecule has 0 aliphatic carbocycles. The van der Waals surface area contributed by atoms with E-state index in [0.717, 1.165) is 16.9 Å². The van der Waals surface area contributed by atoms with E-state index in [4.69, 9.17) is 10.5 Å². The first kappa shape index (κ1) is 14.8. The number of nitrogens with two attached hydrogens (primary N) is 1. The fourth-order valence-electron chi connectivity index (χ4n) is 1.92. The summed E-state index contributed by atoms with van der Waals surface area (Å²) in [6.45, 7) is 1.98. The highest BCUT2D eigenvalue weighted by molar-refractivity contribution is 5.92. The predicted molar refractivity (Wildman–Crippen MR) is 80.1 cm³/mol. The van der Waals surface area contributed by atoms with Gasteiger partial charge in [-0.1, -0.05) is 24.3 Å². The molecule has 0 spiro atoms. The van der Waals surface area contributed by atoms with E-state index >= 15 is 0 Å². The molecule has 2 aromatic rings. The van der Waals surface area contributed by atoms with Gasteiger partial charge in [0.2, 0.25) is 5.91 Å². The lowest BCUT2D eigenvalue weighted by Gasteiger charge is -2.07. The number of Topliss-reactive ketones (excluding diaryl/α,β-unsaturated/α-hetero) is 1. The monoisotopic (exact) mass is 283 g/mol. The Morgan fingerprint density at radius 1 is 0.952 bits per heavy atom. The number of primary amides is 1. The lowest BCUT2D eigenvalue weighted by Crippen LogP contribution is -2.10. The van der Waals surface area contributed by atoms with Gasteiger partial charge in [-0.3, -0.25) is 9.59 Å². The summed E-state index contributed by atoms with van der Waals surface area (Å²) in [6.07, 6.45) is 0.439. The average molecular weight is 283 g/mol. The van der Waals surface area contributed by atoms with E-state index in [9.17, 15) is 9.59 Å². The van der Waals surface area contributed by atoms with Crippen molar-refractivity contribution in [1.29, 1.82) is 0 Å². The van der Waals surface area contributed by atoms with Crippen molar-refractivity contribution < 1.29 is 14.3 Å². The van der Waals surface area contributed by atoms with Crippen LogP contribution in [0.5, 0.6) is 5.75 Å². The third-order valence-corrected chi connectivity index (χ3v) is 3.02. The zero-order valence-electron chi connectivity index (χ0n) is 11.8. The molecule has 108 valence electrons. The smallest absolute Gasteiger partial charge is 0.248 e. The molecule has 21 heavy (non-hydrogen) atoms. The minimum atomic E-state index is -0.441. The molecule has 4 nitrogen and oxygen atoms in total. The Morgan fingerprint density at radius 2 is 1.52 bits per heavy atom. The molecule has 0 bridgehead atoms. The molecule has 0 aromatic heterocycles. The van der Waals surface area contributed by atoms with Gasteiger partial charge in [-0.2, -0.15) is 0 Å². The number of rotatable bonds is 6. The SMILES string of the molecule is CC(=O)Cc1ccc(OCc2ccc(C(N)=O)cc2)cc1. The lowest BCUT2D eigenvalue weighted by molar-refractivity contribution is -0.116. The van der Waals surface area contributed by atoms with Crippen molar-refractivity contribution in [3.8, 4) is 5.75 Å². The summed E-state index contributed by atoms with van der Waals surface area (Å²) in [4.78, 5) is 22.0. The second kappa shape index (κ2) is 6.70. The normalized spacial score (nSPS) is 10.1. The molecule has 0 saturated heterocycles. The van der Waals surface area contributed by atoms with Gasteiger partial charge in [-0.25, -0.2) is 0 Å². The number of hydrogen-bond donors (Lipinski definition) is 1. The lowest BCUT2D eigenvalue weighted by atomic mass is 10.1. The third-order valence-electron chi connectivity index (χ3n) is 3.02. The molecular weight excluding hydrogens is 266 g/mol. The van der Waals surface area contributed by atoms with Crippen LogP contribution >= 0.6 is 0 Å². The number of ketones is 1. The maximum atomic E-state index is 11.0. The van der Waals surface area contributed by atoms with E-state index in [2.05, 4.69) is 0 Å². The fraction of sp³-hybridized carbons (Fsp3) is 0.176. The molecule has 0 saturated carbocycles. The molecule has 0 radical (unpaired) electrons. The molecule has 0 aliphatic rings. The van der Waals surface area contributed by atoms with Gasteiger partial charge in [0.1, 0.15) is 18.1 Å². The number of hydrogen-bond acceptors (Lipinski definition) is 3. The highest BCUT2D eigenvalue weighted by Crippen LogP contribution is 2.15. The van der Waals surface area contributed by atoms with Gasteiger partial charge in [0, 0.05) is 12.0 Å². The third kappa shape index (κ3) is 4.45. The van der Waals surface area contributed by atoms with Gasteiger partial charge >= 0.3 is 0 Å². The van der Waals surface area contributed by atoms with Gasteiger partial charge in [0.25, 0.3) is 0 Å². The summed E-state index contributed by atoms with van der Waals surface area (Å²) >= 11 is 0. The van der Waals surface area contributed by atoms with Crippen LogP contribution in [0.15, 0.2) is 48.5 Å². The van der Waals surface area contributed by atoms with E-state index in [-0.39, 0.29) is 5.78 Å². The van der Waals surface area contributed by atoms with Crippen LogP contribution < -0.4 is 10.5 Å². The van der Waals surface area contributed by atoms with Gasteiger partial charge in [-0.15, -0.1) is 0 Å². The second-order valence-electron chi connectivity index (χ2n) is 4.87. The van der Waals surface area contributed by atoms with Crippen molar-refractivity contribution in [2.24, 2.45) is 5.73 Å². The molecule has 2 N–H and O–H groups in total. The van der Waals surface area contributed by atoms with Gasteiger partial charge < -0.3 is 10.5 Å².